The molecule has 0 unspecified atom stereocenters. The summed E-state index contributed by atoms with van der Waals surface area (Å²) in [7, 11) is 0. The third kappa shape index (κ3) is 5.02. The molecule has 256 valence electrons. The molecular weight excluding hydrogens is 625 g/mol. The topological polar surface area (TPSA) is 0 Å². The summed E-state index contributed by atoms with van der Waals surface area (Å²) < 4.78 is 0. The van der Waals surface area contributed by atoms with Crippen molar-refractivity contribution in [2.24, 2.45) is 0 Å². The highest BCUT2D eigenvalue weighted by atomic mass is 14.3. The molecule has 0 nitrogen and oxygen atoms in total. The summed E-state index contributed by atoms with van der Waals surface area (Å²) in [4.78, 5) is 0. The van der Waals surface area contributed by atoms with Crippen LogP contribution in [-0.2, 0) is 16.2 Å². The van der Waals surface area contributed by atoms with Crippen LogP contribution >= 0.6 is 0 Å². The van der Waals surface area contributed by atoms with Gasteiger partial charge in [-0.3, -0.25) is 0 Å². The number of rotatable bonds is 2. The Morgan fingerprint density at radius 3 is 1.37 bits per heavy atom. The smallest absolute Gasteiger partial charge is 0.00176 e. The Morgan fingerprint density at radius 2 is 0.808 bits per heavy atom. The van der Waals surface area contributed by atoms with E-state index in [1.807, 2.05) is 0 Å². The first-order valence-corrected chi connectivity index (χ1v) is 18.9. The molecule has 0 saturated carbocycles. The van der Waals surface area contributed by atoms with Crippen LogP contribution in [-0.4, -0.2) is 0 Å². The minimum atomic E-state index is -0.0445. The Labute approximate surface area is 308 Å². The summed E-state index contributed by atoms with van der Waals surface area (Å²) in [6, 6.07) is 49.2. The third-order valence-electron chi connectivity index (χ3n) is 11.6. The number of hydrogen-bond acceptors (Lipinski definition) is 0. The maximum Gasteiger partial charge on any atom is -0.00176 e. The maximum absolute atomic E-state index is 2.53. The molecule has 9 aromatic rings. The van der Waals surface area contributed by atoms with Crippen molar-refractivity contribution < 1.29 is 0 Å². The Morgan fingerprint density at radius 1 is 0.327 bits per heavy atom. The fourth-order valence-corrected chi connectivity index (χ4v) is 8.77. The van der Waals surface area contributed by atoms with Gasteiger partial charge in [0.25, 0.3) is 0 Å². The fraction of sp³-hybridized carbons (Fsp3) is 0.231. The van der Waals surface area contributed by atoms with Gasteiger partial charge in [-0.05, 0) is 132 Å². The molecule has 0 spiro atoms. The van der Waals surface area contributed by atoms with Gasteiger partial charge in [-0.1, -0.05) is 178 Å². The highest BCUT2D eigenvalue weighted by Gasteiger charge is 2.26. The molecule has 0 fully saturated rings. The van der Waals surface area contributed by atoms with Crippen molar-refractivity contribution in [3.8, 4) is 22.3 Å². The van der Waals surface area contributed by atoms with E-state index in [-0.39, 0.29) is 16.2 Å². The van der Waals surface area contributed by atoms with Crippen LogP contribution in [0.15, 0.2) is 127 Å². The van der Waals surface area contributed by atoms with Crippen LogP contribution in [0.2, 0.25) is 0 Å². The van der Waals surface area contributed by atoms with Crippen LogP contribution in [0.3, 0.4) is 0 Å². The second-order valence-corrected chi connectivity index (χ2v) is 18.2. The molecule has 0 bridgehead atoms. The van der Waals surface area contributed by atoms with Gasteiger partial charge in [0.1, 0.15) is 0 Å². The normalized spacial score (nSPS) is 13.1. The van der Waals surface area contributed by atoms with E-state index in [4.69, 9.17) is 0 Å². The van der Waals surface area contributed by atoms with Crippen LogP contribution in [0, 0.1) is 0 Å². The van der Waals surface area contributed by atoms with Gasteiger partial charge in [-0.15, -0.1) is 0 Å². The average Bonchev–Trinajstić information content (AvgIpc) is 3.11. The van der Waals surface area contributed by atoms with Crippen LogP contribution in [0.5, 0.6) is 0 Å². The SMILES string of the molecule is CC(C)(C)c1ccc2cc(-c3c4ccccc4c(-c4cc(C(C)(C)C)c5ccc6cc(C(C)(C)C)cc7ccc4c5c76)c4ccccc34)ccc2c1. The summed E-state index contributed by atoms with van der Waals surface area (Å²) >= 11 is 0. The van der Waals surface area contributed by atoms with E-state index in [9.17, 15) is 0 Å². The van der Waals surface area contributed by atoms with Crippen LogP contribution in [0.4, 0.5) is 0 Å². The van der Waals surface area contributed by atoms with Crippen molar-refractivity contribution in [3.63, 3.8) is 0 Å². The van der Waals surface area contributed by atoms with Crippen molar-refractivity contribution in [2.75, 3.05) is 0 Å². The van der Waals surface area contributed by atoms with Gasteiger partial charge in [-0.25, -0.2) is 0 Å². The second-order valence-electron chi connectivity index (χ2n) is 18.2. The van der Waals surface area contributed by atoms with E-state index in [1.54, 1.807) is 0 Å². The van der Waals surface area contributed by atoms with E-state index in [0.29, 0.717) is 0 Å². The summed E-state index contributed by atoms with van der Waals surface area (Å²) in [5.41, 5.74) is 9.49. The van der Waals surface area contributed by atoms with Crippen molar-refractivity contribution in [2.45, 2.75) is 78.6 Å². The Bertz CT molecular complexity index is 2800. The predicted octanol–water partition coefficient (Wildman–Crippen LogP) is 15.3. The third-order valence-corrected chi connectivity index (χ3v) is 11.6. The van der Waals surface area contributed by atoms with Gasteiger partial charge >= 0.3 is 0 Å². The Hall–Kier alpha value is -5.20. The highest BCUT2D eigenvalue weighted by molar-refractivity contribution is 6.30. The van der Waals surface area contributed by atoms with Crippen LogP contribution in [0.1, 0.15) is 79.0 Å². The van der Waals surface area contributed by atoms with E-state index in [1.165, 1.54) is 104 Å². The first-order chi connectivity index (χ1) is 24.7. The summed E-state index contributed by atoms with van der Waals surface area (Å²) in [5, 5.41) is 15.9. The maximum atomic E-state index is 2.53. The molecule has 0 aliphatic carbocycles. The van der Waals surface area contributed by atoms with Gasteiger partial charge in [0, 0.05) is 0 Å². The van der Waals surface area contributed by atoms with Gasteiger partial charge in [-0.2, -0.15) is 0 Å². The van der Waals surface area contributed by atoms with Gasteiger partial charge < -0.3 is 0 Å². The fourth-order valence-electron chi connectivity index (χ4n) is 8.77. The molecule has 0 atom stereocenters. The largest absolute Gasteiger partial charge is 0.0616 e. The van der Waals surface area contributed by atoms with Crippen molar-refractivity contribution in [1.82, 2.24) is 0 Å². The lowest BCUT2D eigenvalue weighted by Crippen LogP contribution is -2.13. The first-order valence-electron chi connectivity index (χ1n) is 18.9. The highest BCUT2D eigenvalue weighted by Crippen LogP contribution is 2.50. The standard InChI is InChI=1S/C52H48/c1-50(2,3)36-23-20-31-26-33(19-18-32(31)27-36)47-38-14-10-12-16-40(38)48(41-17-13-11-15-39(41)47)44-30-45(52(7,8)9)43-25-22-35-29-37(51(4,5)6)28-34-21-24-42(44)49(43)46(34)35/h10-30H,1-9H3. The quantitative estimate of drug-likeness (QED) is 0.127. The zero-order valence-corrected chi connectivity index (χ0v) is 32.1. The van der Waals surface area contributed by atoms with Crippen molar-refractivity contribution in [3.05, 3.63) is 144 Å². The van der Waals surface area contributed by atoms with E-state index < -0.39 is 0 Å². The lowest BCUT2D eigenvalue weighted by atomic mass is 9.76. The van der Waals surface area contributed by atoms with Crippen molar-refractivity contribution >= 4 is 64.6 Å². The molecule has 0 amide bonds. The van der Waals surface area contributed by atoms with Gasteiger partial charge in [0.05, 0.1) is 0 Å². The van der Waals surface area contributed by atoms with Crippen LogP contribution in [0.25, 0.3) is 86.9 Å². The second kappa shape index (κ2) is 11.1. The van der Waals surface area contributed by atoms with E-state index in [0.717, 1.165) is 0 Å². The minimum absolute atomic E-state index is 0.0445. The molecule has 0 heterocycles. The average molecular weight is 673 g/mol. The Kier molecular flexibility index (Phi) is 7.01. The molecular formula is C52H48. The molecule has 0 aromatic heterocycles. The number of hydrogen-bond donors (Lipinski definition) is 0. The molecule has 0 N–H and O–H groups in total. The number of fused-ring (bicyclic) bond motifs is 3. The van der Waals surface area contributed by atoms with Crippen molar-refractivity contribution in [1.29, 1.82) is 0 Å². The zero-order chi connectivity index (χ0) is 36.3. The Balaban J connectivity index is 1.39. The first kappa shape index (κ1) is 32.7. The lowest BCUT2D eigenvalue weighted by molar-refractivity contribution is 0.591. The monoisotopic (exact) mass is 672 g/mol. The molecule has 9 rings (SSSR count). The molecule has 0 heteroatoms. The molecule has 0 radical (unpaired) electrons. The molecule has 0 saturated heterocycles. The molecule has 9 aromatic carbocycles. The predicted molar refractivity (Wildman–Crippen MR) is 230 cm³/mol. The molecule has 0 aliphatic rings. The van der Waals surface area contributed by atoms with Crippen LogP contribution < -0.4 is 0 Å². The summed E-state index contributed by atoms with van der Waals surface area (Å²) in [5.74, 6) is 0. The van der Waals surface area contributed by atoms with E-state index in [2.05, 4.69) is 190 Å². The van der Waals surface area contributed by atoms with E-state index >= 15 is 0 Å². The van der Waals surface area contributed by atoms with Gasteiger partial charge in [0.15, 0.2) is 0 Å². The molecule has 0 aliphatic heterocycles. The van der Waals surface area contributed by atoms with Gasteiger partial charge in [0.2, 0.25) is 0 Å². The summed E-state index contributed by atoms with van der Waals surface area (Å²) in [6.45, 7) is 20.9. The lowest BCUT2D eigenvalue weighted by Gasteiger charge is -2.27. The zero-order valence-electron chi connectivity index (χ0n) is 32.1. The molecule has 52 heavy (non-hydrogen) atoms. The number of benzene rings is 9. The minimum Gasteiger partial charge on any atom is -0.0616 e. The summed E-state index contributed by atoms with van der Waals surface area (Å²) in [6.07, 6.45) is 0.